The van der Waals surface area contributed by atoms with Crippen molar-refractivity contribution in [3.05, 3.63) is 34.4 Å². The number of aliphatic hydroxyl groups excluding tert-OH is 1. The second-order valence-electron chi connectivity index (χ2n) is 5.36. The maximum atomic E-state index is 10.9. The van der Waals surface area contributed by atoms with Crippen molar-refractivity contribution in [1.29, 1.82) is 0 Å². The van der Waals surface area contributed by atoms with Gasteiger partial charge in [0.15, 0.2) is 5.75 Å². The van der Waals surface area contributed by atoms with Gasteiger partial charge in [-0.05, 0) is 24.8 Å². The van der Waals surface area contributed by atoms with E-state index in [1.54, 1.807) is 18.2 Å². The highest BCUT2D eigenvalue weighted by atomic mass is 16.6. The van der Waals surface area contributed by atoms with Crippen molar-refractivity contribution >= 4 is 5.69 Å². The van der Waals surface area contributed by atoms with Gasteiger partial charge in [-0.1, -0.05) is 25.0 Å². The predicted octanol–water partition coefficient (Wildman–Crippen LogP) is 2.11. The Morgan fingerprint density at radius 1 is 1.33 bits per heavy atom. The number of benzene rings is 1. The number of nitrogens with zero attached hydrogens (tertiary/aromatic N) is 1. The Hall–Kier alpha value is -1.66. The van der Waals surface area contributed by atoms with Gasteiger partial charge < -0.3 is 15.2 Å². The second kappa shape index (κ2) is 7.95. The first-order valence-corrected chi connectivity index (χ1v) is 7.43. The molecule has 1 fully saturated rings. The molecule has 21 heavy (non-hydrogen) atoms. The molecule has 0 unspecified atom stereocenters. The first kappa shape index (κ1) is 15.7. The van der Waals surface area contributed by atoms with E-state index in [1.807, 2.05) is 0 Å². The van der Waals surface area contributed by atoms with Gasteiger partial charge in [-0.15, -0.1) is 0 Å². The van der Waals surface area contributed by atoms with Crippen molar-refractivity contribution in [3.8, 4) is 5.75 Å². The lowest BCUT2D eigenvalue weighted by Gasteiger charge is -2.31. The molecule has 1 aliphatic rings. The summed E-state index contributed by atoms with van der Waals surface area (Å²) in [6.07, 6.45) is 4.48. The van der Waals surface area contributed by atoms with Crippen LogP contribution in [0, 0.1) is 16.0 Å². The lowest BCUT2D eigenvalue weighted by atomic mass is 9.85. The molecule has 1 aliphatic carbocycles. The molecule has 1 aromatic carbocycles. The van der Waals surface area contributed by atoms with Gasteiger partial charge in [0.2, 0.25) is 0 Å². The molecule has 0 radical (unpaired) electrons. The lowest BCUT2D eigenvalue weighted by molar-refractivity contribution is -0.385. The van der Waals surface area contributed by atoms with Crippen molar-refractivity contribution in [1.82, 2.24) is 5.32 Å². The van der Waals surface area contributed by atoms with Gasteiger partial charge in [-0.3, -0.25) is 10.1 Å². The van der Waals surface area contributed by atoms with Crippen LogP contribution in [-0.2, 0) is 0 Å². The van der Waals surface area contributed by atoms with E-state index in [4.69, 9.17) is 4.74 Å². The molecule has 0 amide bonds. The molecule has 1 saturated carbocycles. The summed E-state index contributed by atoms with van der Waals surface area (Å²) in [5.41, 5.74) is -0.0107. The number of hydrogen-bond acceptors (Lipinski definition) is 5. The number of nitro groups is 1. The minimum atomic E-state index is -0.439. The number of ether oxygens (including phenoxy) is 1. The maximum Gasteiger partial charge on any atom is 0.310 e. The summed E-state index contributed by atoms with van der Waals surface area (Å²) in [4.78, 5) is 10.4. The van der Waals surface area contributed by atoms with Crippen LogP contribution >= 0.6 is 0 Å². The summed E-state index contributed by atoms with van der Waals surface area (Å²) in [5.74, 6) is 0.608. The average Bonchev–Trinajstić information content (AvgIpc) is 2.52. The predicted molar refractivity (Wildman–Crippen MR) is 79.4 cm³/mol. The molecule has 0 saturated heterocycles. The monoisotopic (exact) mass is 294 g/mol. The van der Waals surface area contributed by atoms with Gasteiger partial charge >= 0.3 is 5.69 Å². The third-order valence-corrected chi connectivity index (χ3v) is 3.97. The summed E-state index contributed by atoms with van der Waals surface area (Å²) in [7, 11) is 0. The zero-order chi connectivity index (χ0) is 15.1. The molecular weight excluding hydrogens is 272 g/mol. The molecule has 116 valence electrons. The summed E-state index contributed by atoms with van der Waals surface area (Å²) < 4.78 is 5.49. The highest BCUT2D eigenvalue weighted by molar-refractivity contribution is 5.45. The van der Waals surface area contributed by atoms with Crippen LogP contribution in [0.2, 0.25) is 0 Å². The molecule has 0 bridgehead atoms. The van der Waals surface area contributed by atoms with E-state index in [0.29, 0.717) is 30.9 Å². The van der Waals surface area contributed by atoms with Crippen LogP contribution in [0.1, 0.15) is 25.7 Å². The summed E-state index contributed by atoms with van der Waals surface area (Å²) in [5, 5.41) is 23.6. The molecule has 0 spiro atoms. The van der Waals surface area contributed by atoms with Crippen LogP contribution in [0.3, 0.4) is 0 Å². The number of nitrogens with one attached hydrogen (secondary N) is 1. The van der Waals surface area contributed by atoms with Crippen molar-refractivity contribution in [3.63, 3.8) is 0 Å². The van der Waals surface area contributed by atoms with Gasteiger partial charge in [0.25, 0.3) is 0 Å². The third kappa shape index (κ3) is 4.41. The normalized spacial score (nSPS) is 22.0. The van der Waals surface area contributed by atoms with Crippen LogP contribution in [0.4, 0.5) is 5.69 Å². The van der Waals surface area contributed by atoms with Crippen LogP contribution in [0.5, 0.6) is 5.75 Å². The van der Waals surface area contributed by atoms with E-state index < -0.39 is 4.92 Å². The standard InChI is InChI=1S/C15H22N2O4/c18-11-12-5-1-2-6-13(12)16-9-10-21-15-8-4-3-7-14(15)17(19)20/h3-4,7-8,12-13,16,18H,1-2,5-6,9-11H2/t12-,13-/m1/s1. The molecule has 2 N–H and O–H groups in total. The largest absolute Gasteiger partial charge is 0.485 e. The zero-order valence-corrected chi connectivity index (χ0v) is 12.0. The Kier molecular flexibility index (Phi) is 5.95. The quantitative estimate of drug-likeness (QED) is 0.457. The third-order valence-electron chi connectivity index (χ3n) is 3.97. The SMILES string of the molecule is O=[N+]([O-])c1ccccc1OCCN[C@@H]1CCCC[C@@H]1CO. The van der Waals surface area contributed by atoms with E-state index in [1.165, 1.54) is 18.9 Å². The van der Waals surface area contributed by atoms with Gasteiger partial charge in [0.1, 0.15) is 6.61 Å². The maximum absolute atomic E-state index is 10.9. The van der Waals surface area contributed by atoms with Crippen molar-refractivity contribution < 1.29 is 14.8 Å². The van der Waals surface area contributed by atoms with Crippen LogP contribution in [0.15, 0.2) is 24.3 Å². The van der Waals surface area contributed by atoms with Crippen LogP contribution in [0.25, 0.3) is 0 Å². The molecule has 0 heterocycles. The summed E-state index contributed by atoms with van der Waals surface area (Å²) in [6, 6.07) is 6.70. The topological polar surface area (TPSA) is 84.6 Å². The molecule has 6 heteroatoms. The number of para-hydroxylation sites is 2. The molecule has 1 aromatic rings. The number of nitro benzene ring substituents is 1. The van der Waals surface area contributed by atoms with E-state index >= 15 is 0 Å². The minimum absolute atomic E-state index is 0.0107. The first-order valence-electron chi connectivity index (χ1n) is 7.43. The summed E-state index contributed by atoms with van der Waals surface area (Å²) in [6.45, 7) is 1.20. The van der Waals surface area contributed by atoms with Gasteiger partial charge in [-0.25, -0.2) is 0 Å². The molecule has 2 rings (SSSR count). The van der Waals surface area contributed by atoms with Crippen molar-refractivity contribution in [2.75, 3.05) is 19.8 Å². The Balaban J connectivity index is 1.78. The fourth-order valence-electron chi connectivity index (χ4n) is 2.83. The van der Waals surface area contributed by atoms with Crippen molar-refractivity contribution in [2.24, 2.45) is 5.92 Å². The number of rotatable bonds is 7. The number of aliphatic hydroxyl groups is 1. The van der Waals surface area contributed by atoms with E-state index in [-0.39, 0.29) is 12.3 Å². The minimum Gasteiger partial charge on any atom is -0.485 e. The van der Waals surface area contributed by atoms with Gasteiger partial charge in [0, 0.05) is 25.3 Å². The Bertz CT molecular complexity index is 467. The fourth-order valence-corrected chi connectivity index (χ4v) is 2.83. The molecule has 2 atom stereocenters. The van der Waals surface area contributed by atoms with Gasteiger partial charge in [0.05, 0.1) is 4.92 Å². The Labute approximate surface area is 124 Å². The Morgan fingerprint density at radius 2 is 2.10 bits per heavy atom. The molecule has 0 aliphatic heterocycles. The highest BCUT2D eigenvalue weighted by Crippen LogP contribution is 2.26. The van der Waals surface area contributed by atoms with Gasteiger partial charge in [-0.2, -0.15) is 0 Å². The lowest BCUT2D eigenvalue weighted by Crippen LogP contribution is -2.41. The summed E-state index contributed by atoms with van der Waals surface area (Å²) >= 11 is 0. The van der Waals surface area contributed by atoms with Crippen LogP contribution < -0.4 is 10.1 Å². The van der Waals surface area contributed by atoms with E-state index in [2.05, 4.69) is 5.32 Å². The number of hydrogen-bond donors (Lipinski definition) is 2. The molecule has 6 nitrogen and oxygen atoms in total. The second-order valence-corrected chi connectivity index (χ2v) is 5.36. The average molecular weight is 294 g/mol. The zero-order valence-electron chi connectivity index (χ0n) is 12.0. The smallest absolute Gasteiger partial charge is 0.310 e. The van der Waals surface area contributed by atoms with Crippen molar-refractivity contribution in [2.45, 2.75) is 31.7 Å². The van der Waals surface area contributed by atoms with E-state index in [9.17, 15) is 15.2 Å². The highest BCUT2D eigenvalue weighted by Gasteiger charge is 2.23. The Morgan fingerprint density at radius 3 is 2.86 bits per heavy atom. The van der Waals surface area contributed by atoms with E-state index in [0.717, 1.165) is 12.8 Å². The molecule has 0 aromatic heterocycles. The first-order chi connectivity index (χ1) is 10.2. The van der Waals surface area contributed by atoms with Crippen LogP contribution in [-0.4, -0.2) is 35.8 Å². The molecular formula is C15H22N2O4. The fraction of sp³-hybridized carbons (Fsp3) is 0.600.